The molecule has 2 aliphatic rings. The Bertz CT molecular complexity index is 781. The fourth-order valence-electron chi connectivity index (χ4n) is 3.01. The average molecular weight is 370 g/mol. The van der Waals surface area contributed by atoms with Crippen LogP contribution in [-0.2, 0) is 14.8 Å². The van der Waals surface area contributed by atoms with Crippen molar-refractivity contribution in [3.05, 3.63) is 30.2 Å². The highest BCUT2D eigenvalue weighted by atomic mass is 32.2. The average Bonchev–Trinajstić information content (AvgIpc) is 2.91. The molecule has 0 spiro atoms. The van der Waals surface area contributed by atoms with Crippen LogP contribution in [-0.4, -0.2) is 55.4 Å². The van der Waals surface area contributed by atoms with E-state index in [1.165, 1.54) is 22.6 Å². The summed E-state index contributed by atoms with van der Waals surface area (Å²) in [6, 6.07) is 2.33. The highest BCUT2D eigenvalue weighted by molar-refractivity contribution is 7.89. The number of fused-ring (bicyclic) bond motifs is 2. The van der Waals surface area contributed by atoms with Crippen LogP contribution in [0, 0.1) is 0 Å². The number of amides is 1. The number of nitrogens with one attached hydrogen (secondary N) is 1. The largest absolute Gasteiger partial charge is 0.473 e. The second-order valence-electron chi connectivity index (χ2n) is 6.03. The molecule has 136 valence electrons. The lowest BCUT2D eigenvalue weighted by Crippen LogP contribution is -2.40. The van der Waals surface area contributed by atoms with Gasteiger partial charge in [-0.1, -0.05) is 0 Å². The number of pyridine rings is 1. The zero-order valence-corrected chi connectivity index (χ0v) is 14.2. The quantitative estimate of drug-likeness (QED) is 0.724. The SMILES string of the molecule is NC/C(=C\F)COc1ccc(S(=O)(=O)N2CC3CC2CC(=O)N3)cn1. The first-order chi connectivity index (χ1) is 11.9. The van der Waals surface area contributed by atoms with Gasteiger partial charge in [0.25, 0.3) is 0 Å². The lowest BCUT2D eigenvalue weighted by molar-refractivity contribution is -0.123. The molecular weight excluding hydrogens is 351 g/mol. The van der Waals surface area contributed by atoms with Crippen molar-refractivity contribution in [1.82, 2.24) is 14.6 Å². The number of carbonyl (C=O) groups excluding carboxylic acids is 1. The second kappa shape index (κ2) is 7.06. The van der Waals surface area contributed by atoms with E-state index >= 15 is 0 Å². The predicted molar refractivity (Wildman–Crippen MR) is 86.8 cm³/mol. The van der Waals surface area contributed by atoms with Gasteiger partial charge in [-0.25, -0.2) is 17.8 Å². The smallest absolute Gasteiger partial charge is 0.244 e. The molecule has 25 heavy (non-hydrogen) atoms. The van der Waals surface area contributed by atoms with Crippen molar-refractivity contribution < 1.29 is 22.3 Å². The number of nitrogens with zero attached hydrogens (tertiary/aromatic N) is 2. The van der Waals surface area contributed by atoms with Gasteiger partial charge >= 0.3 is 0 Å². The summed E-state index contributed by atoms with van der Waals surface area (Å²) in [6.45, 7) is 0.223. The van der Waals surface area contributed by atoms with Gasteiger partial charge in [0.2, 0.25) is 21.8 Å². The maximum atomic E-state index is 12.8. The summed E-state index contributed by atoms with van der Waals surface area (Å²) < 4.78 is 44.6. The molecule has 10 heteroatoms. The second-order valence-corrected chi connectivity index (χ2v) is 7.92. The van der Waals surface area contributed by atoms with Crippen LogP contribution >= 0.6 is 0 Å². The number of nitrogens with two attached hydrogens (primary N) is 1. The van der Waals surface area contributed by atoms with Crippen molar-refractivity contribution in [3.63, 3.8) is 0 Å². The molecule has 8 nitrogen and oxygen atoms in total. The van der Waals surface area contributed by atoms with Gasteiger partial charge in [0, 0.05) is 43.2 Å². The van der Waals surface area contributed by atoms with E-state index in [9.17, 15) is 17.6 Å². The molecule has 0 aromatic carbocycles. The molecule has 0 radical (unpaired) electrons. The van der Waals surface area contributed by atoms with Crippen molar-refractivity contribution in [2.45, 2.75) is 29.8 Å². The van der Waals surface area contributed by atoms with Crippen LogP contribution in [0.5, 0.6) is 5.88 Å². The Kier molecular flexibility index (Phi) is 5.02. The summed E-state index contributed by atoms with van der Waals surface area (Å²) in [6.07, 6.45) is 2.36. The van der Waals surface area contributed by atoms with Crippen LogP contribution < -0.4 is 15.8 Å². The van der Waals surface area contributed by atoms with Crippen LogP contribution in [0.3, 0.4) is 0 Å². The van der Waals surface area contributed by atoms with Crippen LogP contribution in [0.1, 0.15) is 12.8 Å². The van der Waals surface area contributed by atoms with Crippen molar-refractivity contribution >= 4 is 15.9 Å². The third-order valence-electron chi connectivity index (χ3n) is 4.29. The van der Waals surface area contributed by atoms with Gasteiger partial charge < -0.3 is 15.8 Å². The van der Waals surface area contributed by atoms with E-state index in [4.69, 9.17) is 10.5 Å². The van der Waals surface area contributed by atoms with E-state index in [1.807, 2.05) is 0 Å². The standard InChI is InChI=1S/C15H19FN4O4S/c16-5-10(6-17)9-24-15-2-1-13(7-18-15)25(22,23)20-8-11-3-12(20)4-14(21)19-11/h1-2,5,7,11-12H,3-4,6,8-9,17H2,(H,19,21)/b10-5+. The molecule has 3 heterocycles. The lowest BCUT2D eigenvalue weighted by atomic mass is 10.1. The molecule has 3 N–H and O–H groups in total. The highest BCUT2D eigenvalue weighted by Crippen LogP contribution is 2.30. The van der Waals surface area contributed by atoms with Crippen molar-refractivity contribution in [1.29, 1.82) is 0 Å². The minimum atomic E-state index is -3.74. The number of aromatic nitrogens is 1. The summed E-state index contributed by atoms with van der Waals surface area (Å²) in [7, 11) is -3.74. The van der Waals surface area contributed by atoms with E-state index in [0.717, 1.165) is 0 Å². The molecule has 2 saturated heterocycles. The Balaban J connectivity index is 1.72. The lowest BCUT2D eigenvalue weighted by Gasteiger charge is -2.23. The van der Waals surface area contributed by atoms with Crippen LogP contribution in [0.4, 0.5) is 4.39 Å². The number of hydrogen-bond acceptors (Lipinski definition) is 6. The van der Waals surface area contributed by atoms with Crippen LogP contribution in [0.15, 0.2) is 35.1 Å². The summed E-state index contributed by atoms with van der Waals surface area (Å²) in [5.74, 6) is 0.0428. The van der Waals surface area contributed by atoms with E-state index in [-0.39, 0.29) is 60.5 Å². The third kappa shape index (κ3) is 3.65. The fourth-order valence-corrected chi connectivity index (χ4v) is 4.64. The number of carbonyl (C=O) groups is 1. The normalized spacial score (nSPS) is 24.2. The molecule has 2 fully saturated rings. The third-order valence-corrected chi connectivity index (χ3v) is 6.19. The number of rotatable bonds is 6. The minimum absolute atomic E-state index is 0.0211. The number of hydrogen-bond donors (Lipinski definition) is 2. The molecule has 0 aliphatic carbocycles. The zero-order valence-electron chi connectivity index (χ0n) is 13.4. The molecule has 1 aromatic heterocycles. The molecule has 0 saturated carbocycles. The van der Waals surface area contributed by atoms with Crippen LogP contribution in [0.2, 0.25) is 0 Å². The first kappa shape index (κ1) is 17.8. The predicted octanol–water partition coefficient (Wildman–Crippen LogP) is -0.0760. The van der Waals surface area contributed by atoms with E-state index in [2.05, 4.69) is 10.3 Å². The Labute approximate surface area is 144 Å². The van der Waals surface area contributed by atoms with Gasteiger partial charge in [0.15, 0.2) is 0 Å². The van der Waals surface area contributed by atoms with Gasteiger partial charge in [-0.2, -0.15) is 4.31 Å². The maximum Gasteiger partial charge on any atom is 0.244 e. The Morgan fingerprint density at radius 1 is 1.52 bits per heavy atom. The number of ether oxygens (including phenoxy) is 1. The molecule has 2 unspecified atom stereocenters. The molecule has 1 aromatic rings. The van der Waals surface area contributed by atoms with E-state index in [1.54, 1.807) is 0 Å². The van der Waals surface area contributed by atoms with E-state index < -0.39 is 10.0 Å². The van der Waals surface area contributed by atoms with Gasteiger partial charge in [0.1, 0.15) is 11.5 Å². The summed E-state index contributed by atoms with van der Waals surface area (Å²) in [4.78, 5) is 15.5. The molecule has 1 amide bonds. The van der Waals surface area contributed by atoms with Crippen molar-refractivity contribution in [3.8, 4) is 5.88 Å². The summed E-state index contributed by atoms with van der Waals surface area (Å²) >= 11 is 0. The van der Waals surface area contributed by atoms with Gasteiger partial charge in [-0.05, 0) is 12.5 Å². The molecule has 2 bridgehead atoms. The first-order valence-corrected chi connectivity index (χ1v) is 9.26. The number of sulfonamides is 1. The molecule has 2 atom stereocenters. The van der Waals surface area contributed by atoms with E-state index in [0.29, 0.717) is 12.8 Å². The van der Waals surface area contributed by atoms with Gasteiger partial charge in [-0.15, -0.1) is 0 Å². The van der Waals surface area contributed by atoms with Crippen molar-refractivity contribution in [2.24, 2.45) is 5.73 Å². The highest BCUT2D eigenvalue weighted by Gasteiger charge is 2.44. The molecule has 2 aliphatic heterocycles. The number of piperidine rings is 1. The maximum absolute atomic E-state index is 12.8. The minimum Gasteiger partial charge on any atom is -0.473 e. The van der Waals surface area contributed by atoms with Crippen LogP contribution in [0.25, 0.3) is 0 Å². The number of halogens is 1. The first-order valence-electron chi connectivity index (χ1n) is 7.82. The van der Waals surface area contributed by atoms with Gasteiger partial charge in [0.05, 0.1) is 12.5 Å². The Morgan fingerprint density at radius 3 is 2.96 bits per heavy atom. The fraction of sp³-hybridized carbons (Fsp3) is 0.467. The Hall–Kier alpha value is -2.04. The van der Waals surface area contributed by atoms with Crippen molar-refractivity contribution in [2.75, 3.05) is 19.7 Å². The zero-order chi connectivity index (χ0) is 18.0. The Morgan fingerprint density at radius 2 is 2.32 bits per heavy atom. The summed E-state index contributed by atoms with van der Waals surface area (Å²) in [5, 5.41) is 2.78. The monoisotopic (exact) mass is 370 g/mol. The molecule has 3 rings (SSSR count). The van der Waals surface area contributed by atoms with Gasteiger partial charge in [-0.3, -0.25) is 4.79 Å². The summed E-state index contributed by atoms with van der Waals surface area (Å²) in [5.41, 5.74) is 5.59. The molecular formula is C15H19FN4O4S. The topological polar surface area (TPSA) is 115 Å².